The molecule has 0 aliphatic carbocycles. The predicted molar refractivity (Wildman–Crippen MR) is 106 cm³/mol. The van der Waals surface area contributed by atoms with Crippen LogP contribution in [0.1, 0.15) is 16.7 Å². The molecule has 2 heterocycles. The number of benzene rings is 1. The van der Waals surface area contributed by atoms with Crippen molar-refractivity contribution < 1.29 is 0 Å². The van der Waals surface area contributed by atoms with Crippen molar-refractivity contribution >= 4 is 45.7 Å². The van der Waals surface area contributed by atoms with Gasteiger partial charge >= 0.3 is 0 Å². The quantitative estimate of drug-likeness (QED) is 0.601. The summed E-state index contributed by atoms with van der Waals surface area (Å²) in [7, 11) is 2.08. The molecule has 0 spiro atoms. The van der Waals surface area contributed by atoms with Crippen LogP contribution in [0.5, 0.6) is 0 Å². The van der Waals surface area contributed by atoms with Crippen LogP contribution >= 0.6 is 34.9 Å². The molecule has 3 aromatic rings. The van der Waals surface area contributed by atoms with Gasteiger partial charge in [-0.25, -0.2) is 4.68 Å². The van der Waals surface area contributed by atoms with Gasteiger partial charge in [0.05, 0.1) is 6.67 Å². The molecule has 0 atom stereocenters. The van der Waals surface area contributed by atoms with Gasteiger partial charge in [-0.05, 0) is 72.7 Å². The molecule has 0 aliphatic heterocycles. The van der Waals surface area contributed by atoms with Crippen molar-refractivity contribution in [3.63, 3.8) is 0 Å². The van der Waals surface area contributed by atoms with E-state index < -0.39 is 0 Å². The van der Waals surface area contributed by atoms with Gasteiger partial charge in [-0.3, -0.25) is 4.90 Å². The molecule has 3 rings (SSSR count). The van der Waals surface area contributed by atoms with Crippen LogP contribution in [0.3, 0.4) is 0 Å². The minimum absolute atomic E-state index is 0.680. The highest BCUT2D eigenvalue weighted by molar-refractivity contribution is 7.73. The van der Waals surface area contributed by atoms with Crippen molar-refractivity contribution in [3.8, 4) is 0 Å². The summed E-state index contributed by atoms with van der Waals surface area (Å²) >= 11 is 8.69. The standard InChI is InChI=1S/C17H20N4S3/c1-12-5-4-6-15(13(12)2)18-16-19-21(17(22)24-16)11-20(3)9-14-7-8-23-10-14/h4-8,10H,9,11H2,1-3H3,(H,18,19). The monoisotopic (exact) mass is 376 g/mol. The van der Waals surface area contributed by atoms with E-state index in [2.05, 4.69) is 71.2 Å². The first-order chi connectivity index (χ1) is 11.5. The third-order valence-corrected chi connectivity index (χ3v) is 5.82. The third kappa shape index (κ3) is 4.10. The second-order valence-corrected chi connectivity index (χ2v) is 8.23. The maximum Gasteiger partial charge on any atom is 0.209 e. The first-order valence-corrected chi connectivity index (χ1v) is 9.80. The SMILES string of the molecule is Cc1cccc(Nc2nn(CN(C)Cc3ccsc3)c(=S)s2)c1C. The van der Waals surface area contributed by atoms with E-state index in [4.69, 9.17) is 12.2 Å². The van der Waals surface area contributed by atoms with E-state index in [1.165, 1.54) is 28.0 Å². The molecule has 0 amide bonds. The highest BCUT2D eigenvalue weighted by Crippen LogP contribution is 2.25. The lowest BCUT2D eigenvalue weighted by atomic mass is 10.1. The molecule has 4 nitrogen and oxygen atoms in total. The molecule has 0 aliphatic rings. The fourth-order valence-corrected chi connectivity index (χ4v) is 4.09. The van der Waals surface area contributed by atoms with Gasteiger partial charge in [-0.1, -0.05) is 23.5 Å². The first kappa shape index (κ1) is 17.3. The summed E-state index contributed by atoms with van der Waals surface area (Å²) in [5.74, 6) is 0. The number of rotatable bonds is 6. The summed E-state index contributed by atoms with van der Waals surface area (Å²) in [6.45, 7) is 5.80. The van der Waals surface area contributed by atoms with Crippen molar-refractivity contribution in [2.45, 2.75) is 27.1 Å². The van der Waals surface area contributed by atoms with Gasteiger partial charge in [0.25, 0.3) is 0 Å². The number of anilines is 2. The van der Waals surface area contributed by atoms with Crippen molar-refractivity contribution in [2.75, 3.05) is 12.4 Å². The maximum atomic E-state index is 5.47. The topological polar surface area (TPSA) is 33.1 Å². The van der Waals surface area contributed by atoms with Crippen LogP contribution in [0.25, 0.3) is 0 Å². The van der Waals surface area contributed by atoms with E-state index in [0.717, 1.165) is 21.3 Å². The Morgan fingerprint density at radius 2 is 2.12 bits per heavy atom. The molecule has 0 radical (unpaired) electrons. The zero-order valence-corrected chi connectivity index (χ0v) is 16.4. The van der Waals surface area contributed by atoms with E-state index >= 15 is 0 Å². The molecule has 2 aromatic heterocycles. The van der Waals surface area contributed by atoms with Crippen LogP contribution in [0.4, 0.5) is 10.8 Å². The smallest absolute Gasteiger partial charge is 0.209 e. The molecular formula is C17H20N4S3. The van der Waals surface area contributed by atoms with Crippen molar-refractivity contribution in [1.29, 1.82) is 0 Å². The van der Waals surface area contributed by atoms with Crippen LogP contribution in [0.2, 0.25) is 0 Å². The number of aryl methyl sites for hydroxylation is 1. The van der Waals surface area contributed by atoms with Gasteiger partial charge in [-0.2, -0.15) is 11.3 Å². The molecule has 0 saturated heterocycles. The van der Waals surface area contributed by atoms with E-state index in [-0.39, 0.29) is 0 Å². The van der Waals surface area contributed by atoms with Gasteiger partial charge in [0.2, 0.25) is 5.13 Å². The Morgan fingerprint density at radius 3 is 2.88 bits per heavy atom. The van der Waals surface area contributed by atoms with Crippen LogP contribution in [-0.2, 0) is 13.2 Å². The van der Waals surface area contributed by atoms with Crippen molar-refractivity contribution in [3.05, 3.63) is 55.7 Å². The van der Waals surface area contributed by atoms with Gasteiger partial charge in [0.15, 0.2) is 3.95 Å². The first-order valence-electron chi connectivity index (χ1n) is 7.64. The summed E-state index contributed by atoms with van der Waals surface area (Å²) in [5, 5.41) is 13.1. The highest BCUT2D eigenvalue weighted by Gasteiger charge is 2.09. The highest BCUT2D eigenvalue weighted by atomic mass is 32.1. The number of nitrogens with zero attached hydrogens (tertiary/aromatic N) is 3. The third-order valence-electron chi connectivity index (χ3n) is 3.86. The van der Waals surface area contributed by atoms with Crippen molar-refractivity contribution in [2.24, 2.45) is 0 Å². The Hall–Kier alpha value is -1.54. The molecule has 126 valence electrons. The minimum atomic E-state index is 0.680. The summed E-state index contributed by atoms with van der Waals surface area (Å²) in [6.07, 6.45) is 0. The molecule has 7 heteroatoms. The average molecular weight is 377 g/mol. The van der Waals surface area contributed by atoms with Gasteiger partial charge in [0.1, 0.15) is 0 Å². The van der Waals surface area contributed by atoms with E-state index in [9.17, 15) is 0 Å². The van der Waals surface area contributed by atoms with Crippen molar-refractivity contribution in [1.82, 2.24) is 14.7 Å². The number of thiophene rings is 1. The zero-order valence-electron chi connectivity index (χ0n) is 13.9. The molecular weight excluding hydrogens is 356 g/mol. The van der Waals surface area contributed by atoms with E-state index in [1.807, 2.05) is 4.68 Å². The fraction of sp³-hybridized carbons (Fsp3) is 0.294. The fourth-order valence-electron chi connectivity index (χ4n) is 2.42. The van der Waals surface area contributed by atoms with Crippen LogP contribution in [0.15, 0.2) is 35.0 Å². The van der Waals surface area contributed by atoms with E-state index in [1.54, 1.807) is 11.3 Å². The summed E-state index contributed by atoms with van der Waals surface area (Å²) in [6, 6.07) is 8.38. The summed E-state index contributed by atoms with van der Waals surface area (Å²) < 4.78 is 2.65. The Kier molecular flexibility index (Phi) is 5.45. The average Bonchev–Trinajstić information content (AvgIpc) is 3.14. The Labute approximate surface area is 155 Å². The van der Waals surface area contributed by atoms with Gasteiger partial charge in [0, 0.05) is 12.2 Å². The second kappa shape index (κ2) is 7.57. The summed E-state index contributed by atoms with van der Waals surface area (Å²) in [4.78, 5) is 2.21. The molecule has 24 heavy (non-hydrogen) atoms. The molecule has 0 bridgehead atoms. The predicted octanol–water partition coefficient (Wildman–Crippen LogP) is 5.19. The normalized spacial score (nSPS) is 11.2. The lowest BCUT2D eigenvalue weighted by Gasteiger charge is -2.15. The largest absolute Gasteiger partial charge is 0.330 e. The molecule has 1 aromatic carbocycles. The van der Waals surface area contributed by atoms with Crippen LogP contribution in [0, 0.1) is 17.8 Å². The minimum Gasteiger partial charge on any atom is -0.330 e. The van der Waals surface area contributed by atoms with Crippen LogP contribution in [-0.4, -0.2) is 21.7 Å². The molecule has 0 saturated carbocycles. The second-order valence-electron chi connectivity index (χ2n) is 5.83. The zero-order chi connectivity index (χ0) is 17.1. The molecule has 1 N–H and O–H groups in total. The van der Waals surface area contributed by atoms with Gasteiger partial charge in [-0.15, -0.1) is 5.10 Å². The maximum absolute atomic E-state index is 5.47. The van der Waals surface area contributed by atoms with E-state index in [0.29, 0.717) is 6.67 Å². The summed E-state index contributed by atoms with van der Waals surface area (Å²) in [5.41, 5.74) is 4.90. The lowest BCUT2D eigenvalue weighted by Crippen LogP contribution is -2.22. The number of aromatic nitrogens is 2. The number of hydrogen-bond donors (Lipinski definition) is 1. The Morgan fingerprint density at radius 1 is 1.29 bits per heavy atom. The number of nitrogens with one attached hydrogen (secondary N) is 1. The lowest BCUT2D eigenvalue weighted by molar-refractivity contribution is 0.246. The molecule has 0 fully saturated rings. The Balaban J connectivity index is 1.71. The van der Waals surface area contributed by atoms with Gasteiger partial charge < -0.3 is 5.32 Å². The number of hydrogen-bond acceptors (Lipinski definition) is 6. The molecule has 0 unspecified atom stereocenters. The Bertz CT molecular complexity index is 864. The van der Waals surface area contributed by atoms with Crippen LogP contribution < -0.4 is 5.32 Å².